The molecule has 25 heavy (non-hydrogen) atoms. The Bertz CT molecular complexity index is 727. The van der Waals surface area contributed by atoms with Gasteiger partial charge in [-0.25, -0.2) is 4.79 Å². The van der Waals surface area contributed by atoms with Crippen molar-refractivity contribution in [3.8, 4) is 6.07 Å². The first kappa shape index (κ1) is 19.3. The van der Waals surface area contributed by atoms with Crippen LogP contribution in [0.3, 0.4) is 0 Å². The Balaban J connectivity index is 2.16. The minimum Gasteiger partial charge on any atom is -0.393 e. The molecule has 0 saturated heterocycles. The normalized spacial score (nSPS) is 19.4. The van der Waals surface area contributed by atoms with Crippen LogP contribution in [0, 0.1) is 11.3 Å². The average Bonchev–Trinajstić information content (AvgIpc) is 2.92. The number of nitriles is 1. The Labute approximate surface area is 159 Å². The fourth-order valence-electron chi connectivity index (χ4n) is 2.52. The third-order valence-corrected chi connectivity index (χ3v) is 5.54. The van der Waals surface area contributed by atoms with E-state index in [-0.39, 0.29) is 0 Å². The Hall–Kier alpha value is -1.98. The molecule has 2 atom stereocenters. The number of halogens is 1. The van der Waals surface area contributed by atoms with Crippen LogP contribution in [-0.4, -0.2) is 23.7 Å². The summed E-state index contributed by atoms with van der Waals surface area (Å²) in [7, 11) is 0. The minimum absolute atomic E-state index is 0.321. The van der Waals surface area contributed by atoms with Gasteiger partial charge in [-0.3, -0.25) is 10.1 Å². The van der Waals surface area contributed by atoms with E-state index >= 15 is 0 Å². The third kappa shape index (κ3) is 4.77. The van der Waals surface area contributed by atoms with Crippen molar-refractivity contribution in [2.24, 2.45) is 5.73 Å². The summed E-state index contributed by atoms with van der Waals surface area (Å²) in [6, 6.07) is 8.94. The van der Waals surface area contributed by atoms with Gasteiger partial charge in [0.1, 0.15) is 5.25 Å². The summed E-state index contributed by atoms with van der Waals surface area (Å²) in [5.74, 6) is -0.938. The maximum absolute atomic E-state index is 12.6. The molecular weight excluding hydrogens is 404 g/mol. The molecule has 8 heteroatoms. The van der Waals surface area contributed by atoms with E-state index in [1.54, 1.807) is 0 Å². The second-order valence-corrected chi connectivity index (χ2v) is 7.66. The SMILES string of the molecule is CCCCNC(=O)NC(=O)C1SC(N)=C(C#N)C1c1ccc(Br)cc1. The summed E-state index contributed by atoms with van der Waals surface area (Å²) in [5, 5.41) is 14.1. The van der Waals surface area contributed by atoms with Gasteiger partial charge in [0.2, 0.25) is 5.91 Å². The summed E-state index contributed by atoms with van der Waals surface area (Å²) in [4.78, 5) is 24.4. The molecule has 2 rings (SSSR count). The Morgan fingerprint density at radius 1 is 1.36 bits per heavy atom. The maximum atomic E-state index is 12.6. The second-order valence-electron chi connectivity index (χ2n) is 5.56. The summed E-state index contributed by atoms with van der Waals surface area (Å²) in [6.45, 7) is 2.52. The van der Waals surface area contributed by atoms with Gasteiger partial charge in [0.05, 0.1) is 16.7 Å². The van der Waals surface area contributed by atoms with E-state index in [2.05, 4.69) is 32.6 Å². The fraction of sp³-hybridized carbons (Fsp3) is 0.353. The smallest absolute Gasteiger partial charge is 0.321 e. The zero-order valence-electron chi connectivity index (χ0n) is 13.7. The standard InChI is InChI=1S/C17H19BrN4O2S/c1-2-3-8-21-17(24)22-16(23)14-13(12(9-19)15(20)25-14)10-4-6-11(18)7-5-10/h4-7,13-14H,2-3,8,20H2,1H3,(H2,21,22,23,24). The number of nitrogens with zero attached hydrogens (tertiary/aromatic N) is 1. The third-order valence-electron chi connectivity index (χ3n) is 3.79. The number of hydrogen-bond acceptors (Lipinski definition) is 5. The van der Waals surface area contributed by atoms with E-state index in [4.69, 9.17) is 5.73 Å². The van der Waals surface area contributed by atoms with Crippen LogP contribution in [0.1, 0.15) is 31.2 Å². The van der Waals surface area contributed by atoms with Crippen molar-refractivity contribution in [3.63, 3.8) is 0 Å². The van der Waals surface area contributed by atoms with Crippen LogP contribution < -0.4 is 16.4 Å². The van der Waals surface area contributed by atoms with Gasteiger partial charge in [-0.15, -0.1) is 0 Å². The molecule has 2 unspecified atom stereocenters. The first-order chi connectivity index (χ1) is 12.0. The van der Waals surface area contributed by atoms with Gasteiger partial charge in [0.15, 0.2) is 0 Å². The van der Waals surface area contributed by atoms with Gasteiger partial charge in [0, 0.05) is 16.9 Å². The number of allylic oxidation sites excluding steroid dienone is 1. The van der Waals surface area contributed by atoms with E-state index in [1.807, 2.05) is 31.2 Å². The molecule has 1 heterocycles. The molecule has 0 saturated carbocycles. The summed E-state index contributed by atoms with van der Waals surface area (Å²) in [6.07, 6.45) is 1.79. The predicted octanol–water partition coefficient (Wildman–Crippen LogP) is 2.97. The van der Waals surface area contributed by atoms with E-state index in [0.29, 0.717) is 17.1 Å². The Morgan fingerprint density at radius 2 is 2.04 bits per heavy atom. The number of benzene rings is 1. The van der Waals surface area contributed by atoms with Crippen molar-refractivity contribution in [3.05, 3.63) is 44.9 Å². The van der Waals surface area contributed by atoms with Crippen molar-refractivity contribution < 1.29 is 9.59 Å². The van der Waals surface area contributed by atoms with Gasteiger partial charge in [-0.05, 0) is 24.1 Å². The number of urea groups is 1. The maximum Gasteiger partial charge on any atom is 0.321 e. The lowest BCUT2D eigenvalue weighted by molar-refractivity contribution is -0.119. The van der Waals surface area contributed by atoms with Crippen LogP contribution in [0.25, 0.3) is 0 Å². The highest BCUT2D eigenvalue weighted by molar-refractivity contribution is 9.10. The van der Waals surface area contributed by atoms with E-state index in [1.165, 1.54) is 0 Å². The highest BCUT2D eigenvalue weighted by Gasteiger charge is 2.41. The van der Waals surface area contributed by atoms with E-state index in [0.717, 1.165) is 34.6 Å². The number of nitrogens with one attached hydrogen (secondary N) is 2. The quantitative estimate of drug-likeness (QED) is 0.631. The Kier molecular flexibility index (Phi) is 6.91. The monoisotopic (exact) mass is 422 g/mol. The van der Waals surface area contributed by atoms with Crippen LogP contribution in [0.4, 0.5) is 4.79 Å². The summed E-state index contributed by atoms with van der Waals surface area (Å²) < 4.78 is 0.897. The first-order valence-electron chi connectivity index (χ1n) is 7.88. The number of carbonyl (C=O) groups excluding carboxylic acids is 2. The molecule has 1 aliphatic rings. The lowest BCUT2D eigenvalue weighted by Crippen LogP contribution is -2.44. The fourth-order valence-corrected chi connectivity index (χ4v) is 3.95. The molecule has 1 aromatic rings. The van der Waals surface area contributed by atoms with Crippen LogP contribution in [0.5, 0.6) is 0 Å². The molecule has 0 radical (unpaired) electrons. The molecule has 0 fully saturated rings. The molecule has 0 bridgehead atoms. The lowest BCUT2D eigenvalue weighted by atomic mass is 9.89. The Morgan fingerprint density at radius 3 is 2.64 bits per heavy atom. The number of rotatable bonds is 5. The largest absolute Gasteiger partial charge is 0.393 e. The predicted molar refractivity (Wildman–Crippen MR) is 102 cm³/mol. The number of carbonyl (C=O) groups is 2. The molecule has 0 aromatic heterocycles. The van der Waals surface area contributed by atoms with Crippen molar-refractivity contribution in [2.45, 2.75) is 30.9 Å². The molecule has 1 aromatic carbocycles. The van der Waals surface area contributed by atoms with Crippen LogP contribution in [0.2, 0.25) is 0 Å². The van der Waals surface area contributed by atoms with E-state index < -0.39 is 23.1 Å². The highest BCUT2D eigenvalue weighted by Crippen LogP contribution is 2.45. The summed E-state index contributed by atoms with van der Waals surface area (Å²) in [5.41, 5.74) is 7.10. The van der Waals surface area contributed by atoms with E-state index in [9.17, 15) is 14.9 Å². The van der Waals surface area contributed by atoms with Crippen molar-refractivity contribution in [1.29, 1.82) is 5.26 Å². The highest BCUT2D eigenvalue weighted by atomic mass is 79.9. The molecule has 0 aliphatic carbocycles. The number of hydrogen-bond donors (Lipinski definition) is 3. The number of thioether (sulfide) groups is 1. The zero-order chi connectivity index (χ0) is 18.4. The molecule has 6 nitrogen and oxygen atoms in total. The van der Waals surface area contributed by atoms with Crippen molar-refractivity contribution >= 4 is 39.6 Å². The van der Waals surface area contributed by atoms with Gasteiger partial charge in [-0.1, -0.05) is 53.2 Å². The number of unbranched alkanes of at least 4 members (excludes halogenated alkanes) is 1. The molecule has 4 N–H and O–H groups in total. The van der Waals surface area contributed by atoms with Crippen LogP contribution in [-0.2, 0) is 4.79 Å². The number of imide groups is 1. The van der Waals surface area contributed by atoms with Gasteiger partial charge in [-0.2, -0.15) is 5.26 Å². The van der Waals surface area contributed by atoms with Crippen molar-refractivity contribution in [1.82, 2.24) is 10.6 Å². The molecule has 132 valence electrons. The van der Waals surface area contributed by atoms with Gasteiger partial charge in [0.25, 0.3) is 0 Å². The van der Waals surface area contributed by atoms with Gasteiger partial charge >= 0.3 is 6.03 Å². The molecule has 0 spiro atoms. The van der Waals surface area contributed by atoms with Crippen molar-refractivity contribution in [2.75, 3.05) is 6.54 Å². The molecule has 1 aliphatic heterocycles. The lowest BCUT2D eigenvalue weighted by Gasteiger charge is -2.19. The number of nitrogens with two attached hydrogens (primary N) is 1. The molecular formula is C17H19BrN4O2S. The zero-order valence-corrected chi connectivity index (χ0v) is 16.1. The average molecular weight is 423 g/mol. The summed E-state index contributed by atoms with van der Waals surface area (Å²) >= 11 is 4.48. The topological polar surface area (TPSA) is 108 Å². The van der Waals surface area contributed by atoms with Crippen LogP contribution in [0.15, 0.2) is 39.3 Å². The number of amides is 3. The molecule has 3 amide bonds. The second kappa shape index (κ2) is 8.92. The van der Waals surface area contributed by atoms with Gasteiger partial charge < -0.3 is 11.1 Å². The van der Waals surface area contributed by atoms with Crippen LogP contribution >= 0.6 is 27.7 Å². The minimum atomic E-state index is -0.659. The first-order valence-corrected chi connectivity index (χ1v) is 9.55.